The van der Waals surface area contributed by atoms with E-state index in [4.69, 9.17) is 5.73 Å². The van der Waals surface area contributed by atoms with Gasteiger partial charge in [-0.3, -0.25) is 20.4 Å². The Kier molecular flexibility index (Phi) is 4.22. The topological polar surface area (TPSA) is 100 Å². The number of H-pyrrole nitrogens is 1. The first-order valence-electron chi connectivity index (χ1n) is 6.88. The molecule has 0 aliphatic heterocycles. The second-order valence-electron chi connectivity index (χ2n) is 5.05. The van der Waals surface area contributed by atoms with Crippen LogP contribution in [-0.2, 0) is 0 Å². The Labute approximate surface area is 144 Å². The zero-order valence-corrected chi connectivity index (χ0v) is 13.8. The van der Waals surface area contributed by atoms with E-state index in [1.54, 1.807) is 6.07 Å². The molecule has 1 heterocycles. The molecule has 1 aromatic heterocycles. The molecule has 0 bridgehead atoms. The van der Waals surface area contributed by atoms with Crippen LogP contribution < -0.4 is 16.6 Å². The van der Waals surface area contributed by atoms with Crippen LogP contribution in [0.2, 0.25) is 0 Å². The average molecular weight is 391 g/mol. The van der Waals surface area contributed by atoms with Crippen LogP contribution in [0.5, 0.6) is 0 Å². The van der Waals surface area contributed by atoms with E-state index in [9.17, 15) is 14.0 Å². The normalized spacial score (nSPS) is 10.6. The SMILES string of the molecule is Nc1cc(F)ccc1C(=O)NNC(=O)c1cc2cc(Br)ccc2[nH]1. The number of amides is 2. The summed E-state index contributed by atoms with van der Waals surface area (Å²) in [4.78, 5) is 27.0. The van der Waals surface area contributed by atoms with Gasteiger partial charge in [0.1, 0.15) is 11.5 Å². The van der Waals surface area contributed by atoms with Crippen LogP contribution in [-0.4, -0.2) is 16.8 Å². The lowest BCUT2D eigenvalue weighted by Gasteiger charge is -2.08. The number of anilines is 1. The lowest BCUT2D eigenvalue weighted by molar-refractivity contribution is 0.0845. The minimum Gasteiger partial charge on any atom is -0.398 e. The van der Waals surface area contributed by atoms with Crippen LogP contribution >= 0.6 is 15.9 Å². The van der Waals surface area contributed by atoms with Crippen LogP contribution in [0.3, 0.4) is 0 Å². The van der Waals surface area contributed by atoms with E-state index < -0.39 is 17.6 Å². The third-order valence-electron chi connectivity index (χ3n) is 3.38. The van der Waals surface area contributed by atoms with Crippen LogP contribution in [0.15, 0.2) is 46.9 Å². The molecule has 0 spiro atoms. The van der Waals surface area contributed by atoms with E-state index >= 15 is 0 Å². The molecule has 0 radical (unpaired) electrons. The smallest absolute Gasteiger partial charge is 0.286 e. The zero-order valence-electron chi connectivity index (χ0n) is 12.2. The largest absolute Gasteiger partial charge is 0.398 e. The summed E-state index contributed by atoms with van der Waals surface area (Å²) in [5, 5.41) is 0.851. The number of nitrogens with one attached hydrogen (secondary N) is 3. The number of halogens is 2. The number of hydrazine groups is 1. The second kappa shape index (κ2) is 6.32. The van der Waals surface area contributed by atoms with Crippen molar-refractivity contribution in [2.24, 2.45) is 0 Å². The summed E-state index contributed by atoms with van der Waals surface area (Å²) < 4.78 is 13.9. The van der Waals surface area contributed by atoms with Gasteiger partial charge in [0.15, 0.2) is 0 Å². The lowest BCUT2D eigenvalue weighted by Crippen LogP contribution is -2.42. The molecule has 0 atom stereocenters. The Morgan fingerprint density at radius 2 is 1.79 bits per heavy atom. The fourth-order valence-electron chi connectivity index (χ4n) is 2.21. The molecule has 2 amide bonds. The van der Waals surface area contributed by atoms with E-state index in [1.807, 2.05) is 18.2 Å². The number of nitrogens with two attached hydrogens (primary N) is 1. The van der Waals surface area contributed by atoms with Crippen molar-refractivity contribution in [3.05, 3.63) is 64.0 Å². The van der Waals surface area contributed by atoms with Gasteiger partial charge in [0, 0.05) is 21.1 Å². The number of aromatic nitrogens is 1. The second-order valence-corrected chi connectivity index (χ2v) is 5.97. The van der Waals surface area contributed by atoms with Gasteiger partial charge in [0.2, 0.25) is 0 Å². The number of nitrogen functional groups attached to an aromatic ring is 1. The highest BCUT2D eigenvalue weighted by Crippen LogP contribution is 2.20. The summed E-state index contributed by atoms with van der Waals surface area (Å²) in [6, 6.07) is 10.6. The van der Waals surface area contributed by atoms with E-state index in [2.05, 4.69) is 31.8 Å². The van der Waals surface area contributed by atoms with Crippen molar-refractivity contribution < 1.29 is 14.0 Å². The van der Waals surface area contributed by atoms with E-state index in [0.29, 0.717) is 0 Å². The Bertz CT molecular complexity index is 954. The van der Waals surface area contributed by atoms with Gasteiger partial charge in [0.25, 0.3) is 11.8 Å². The fourth-order valence-corrected chi connectivity index (χ4v) is 2.59. The summed E-state index contributed by atoms with van der Waals surface area (Å²) in [7, 11) is 0. The number of benzene rings is 2. The molecule has 8 heteroatoms. The van der Waals surface area contributed by atoms with Crippen molar-refractivity contribution in [1.82, 2.24) is 15.8 Å². The monoisotopic (exact) mass is 390 g/mol. The summed E-state index contributed by atoms with van der Waals surface area (Å²) >= 11 is 3.36. The predicted octanol–water partition coefficient (Wildman–Crippen LogP) is 2.73. The molecule has 6 nitrogen and oxygen atoms in total. The molecule has 0 saturated heterocycles. The van der Waals surface area contributed by atoms with Gasteiger partial charge >= 0.3 is 0 Å². The summed E-state index contributed by atoms with van der Waals surface area (Å²) in [6.45, 7) is 0. The Balaban J connectivity index is 1.71. The van der Waals surface area contributed by atoms with Crippen molar-refractivity contribution in [2.75, 3.05) is 5.73 Å². The van der Waals surface area contributed by atoms with E-state index in [0.717, 1.165) is 27.5 Å². The standard InChI is InChI=1S/C16H12BrFN4O2/c17-9-1-4-13-8(5-9)6-14(20-13)16(24)22-21-15(23)11-3-2-10(18)7-12(11)19/h1-7,20H,19H2,(H,21,23)(H,22,24). The Morgan fingerprint density at radius 3 is 2.54 bits per heavy atom. The van der Waals surface area contributed by atoms with Crippen LogP contribution in [0.25, 0.3) is 10.9 Å². The summed E-state index contributed by atoms with van der Waals surface area (Å²) in [6.07, 6.45) is 0. The number of carbonyl (C=O) groups is 2. The lowest BCUT2D eigenvalue weighted by atomic mass is 10.1. The van der Waals surface area contributed by atoms with Gasteiger partial charge in [-0.15, -0.1) is 0 Å². The number of carbonyl (C=O) groups excluding carboxylic acids is 2. The molecule has 0 aliphatic rings. The fraction of sp³-hybridized carbons (Fsp3) is 0. The highest BCUT2D eigenvalue weighted by atomic mass is 79.9. The maximum Gasteiger partial charge on any atom is 0.286 e. The van der Waals surface area contributed by atoms with Gasteiger partial charge < -0.3 is 10.7 Å². The average Bonchev–Trinajstić information content (AvgIpc) is 2.95. The molecular formula is C16H12BrFN4O2. The number of hydrogen-bond donors (Lipinski definition) is 4. The highest BCUT2D eigenvalue weighted by molar-refractivity contribution is 9.10. The molecule has 3 rings (SSSR count). The van der Waals surface area contributed by atoms with Crippen LogP contribution in [0.1, 0.15) is 20.8 Å². The highest BCUT2D eigenvalue weighted by Gasteiger charge is 2.13. The molecule has 24 heavy (non-hydrogen) atoms. The maximum absolute atomic E-state index is 13.0. The maximum atomic E-state index is 13.0. The van der Waals surface area contributed by atoms with Gasteiger partial charge in [0.05, 0.1) is 5.56 Å². The first kappa shape index (κ1) is 16.0. The van der Waals surface area contributed by atoms with E-state index in [1.165, 1.54) is 6.07 Å². The first-order valence-corrected chi connectivity index (χ1v) is 7.67. The molecule has 3 aromatic rings. The number of rotatable bonds is 2. The third kappa shape index (κ3) is 3.23. The van der Waals surface area contributed by atoms with Gasteiger partial charge in [-0.2, -0.15) is 0 Å². The number of aromatic amines is 1. The predicted molar refractivity (Wildman–Crippen MR) is 91.7 cm³/mol. The van der Waals surface area contributed by atoms with Crippen molar-refractivity contribution in [3.63, 3.8) is 0 Å². The Hall–Kier alpha value is -2.87. The third-order valence-corrected chi connectivity index (χ3v) is 3.87. The molecule has 0 unspecified atom stereocenters. The van der Waals surface area contributed by atoms with Crippen LogP contribution in [0.4, 0.5) is 10.1 Å². The number of fused-ring (bicyclic) bond motifs is 1. The van der Waals surface area contributed by atoms with Crippen molar-refractivity contribution >= 4 is 44.3 Å². The summed E-state index contributed by atoms with van der Waals surface area (Å²) in [5.74, 6) is -1.70. The zero-order chi connectivity index (χ0) is 17.3. The van der Waals surface area contributed by atoms with Crippen molar-refractivity contribution in [2.45, 2.75) is 0 Å². The molecule has 0 saturated carbocycles. The molecular weight excluding hydrogens is 379 g/mol. The van der Waals surface area contributed by atoms with Crippen LogP contribution in [0, 0.1) is 5.82 Å². The van der Waals surface area contributed by atoms with Gasteiger partial charge in [-0.05, 0) is 42.5 Å². The molecule has 122 valence electrons. The molecule has 0 aliphatic carbocycles. The summed E-state index contributed by atoms with van der Waals surface area (Å²) in [5.41, 5.74) is 11.2. The first-order chi connectivity index (χ1) is 11.4. The van der Waals surface area contributed by atoms with Crippen molar-refractivity contribution in [1.29, 1.82) is 0 Å². The van der Waals surface area contributed by atoms with E-state index in [-0.39, 0.29) is 16.9 Å². The minimum atomic E-state index is -0.639. The molecule has 5 N–H and O–H groups in total. The quantitative estimate of drug-likeness (QED) is 0.399. The molecule has 0 fully saturated rings. The Morgan fingerprint density at radius 1 is 1.04 bits per heavy atom. The number of hydrogen-bond acceptors (Lipinski definition) is 3. The minimum absolute atomic E-state index is 0.0165. The molecule has 2 aromatic carbocycles. The van der Waals surface area contributed by atoms with Crippen molar-refractivity contribution in [3.8, 4) is 0 Å². The van der Waals surface area contributed by atoms with Gasteiger partial charge in [-0.1, -0.05) is 15.9 Å². The van der Waals surface area contributed by atoms with Gasteiger partial charge in [-0.25, -0.2) is 4.39 Å².